The molecule has 0 aliphatic heterocycles. The maximum atomic E-state index is 14.4. The topological polar surface area (TPSA) is 15.5 Å². The smallest absolute Gasteiger partial charge is 0.206 e. The van der Waals surface area contributed by atoms with Crippen molar-refractivity contribution in [3.8, 4) is 56.2 Å². The first-order valence-corrected chi connectivity index (χ1v) is 44.5. The molecule has 19 rings (SSSR count). The van der Waals surface area contributed by atoms with Crippen LogP contribution in [0.3, 0.4) is 0 Å². The lowest BCUT2D eigenvalue weighted by Gasteiger charge is -2.22. The van der Waals surface area contributed by atoms with Gasteiger partial charge >= 0.3 is 0 Å². The fraction of sp³-hybridized carbons (Fsp3) is 0.375. The van der Waals surface area contributed by atoms with E-state index in [1.807, 2.05) is 44.5 Å². The van der Waals surface area contributed by atoms with E-state index in [0.29, 0.717) is 11.7 Å². The van der Waals surface area contributed by atoms with Crippen molar-refractivity contribution in [1.82, 2.24) is 0 Å². The van der Waals surface area contributed by atoms with Gasteiger partial charge in [0.1, 0.15) is 35.4 Å². The number of nitrogens with zero attached hydrogens (tertiary/aromatic N) is 4. The monoisotopic (exact) mass is 1550 g/mol. The molecule has 0 atom stereocenters. The molecule has 0 N–H and O–H groups in total. The Morgan fingerprint density at radius 2 is 0.701 bits per heavy atom. The minimum Gasteiger partial charge on any atom is -0.206 e. The van der Waals surface area contributed by atoms with E-state index in [-0.39, 0.29) is 11.2 Å². The summed E-state index contributed by atoms with van der Waals surface area (Å²) in [5.74, 6) is 3.37. The van der Waals surface area contributed by atoms with Crippen LogP contribution in [0.1, 0.15) is 213 Å². The molecular weight excluding hydrogens is 1420 g/mol. The van der Waals surface area contributed by atoms with E-state index in [0.717, 1.165) is 46.1 Å². The van der Waals surface area contributed by atoms with Crippen molar-refractivity contribution in [1.29, 1.82) is 0 Å². The molecule has 0 spiro atoms. The van der Waals surface area contributed by atoms with Gasteiger partial charge < -0.3 is 0 Å². The minimum atomic E-state index is -0.0836. The average Bonchev–Trinajstić information content (AvgIpc) is 1.54. The number of hydrogen-bond acceptors (Lipinski definition) is 0. The molecule has 0 unspecified atom stereocenters. The highest BCUT2D eigenvalue weighted by Gasteiger charge is 2.37. The van der Waals surface area contributed by atoms with Gasteiger partial charge in [-0.1, -0.05) is 237 Å². The second kappa shape index (κ2) is 33.8. The molecule has 4 heterocycles. The normalized spacial score (nSPS) is 15.6. The van der Waals surface area contributed by atoms with Gasteiger partial charge in [-0.25, -0.2) is 8.96 Å². The van der Waals surface area contributed by atoms with Crippen molar-refractivity contribution in [2.45, 2.75) is 224 Å². The molecule has 5 aliphatic rings. The SMILES string of the molecule is Cc1cc(-c2c3ccc(CC4CCCC4)cc3cc(C)[n+]2C)c(C)c(C)c1F.Cc1cc2c(cc1-c1c3ccc(CC4CCCC4)cc3cc(C)[n+]1C)C(C)(C)c1ccccc1-2.Cc1cc2ccccc2cc1-c1c2ccc(CC3CCCC3)cc2cc(C)[n+]1C.[2H]c1cc2cc(CC3CCCC3)ccc2c(-c2cc(C)cc(C)c2C)[n+]1C. The molecule has 4 saturated carbocycles. The van der Waals surface area contributed by atoms with Gasteiger partial charge in [0.15, 0.2) is 23.3 Å². The van der Waals surface area contributed by atoms with E-state index in [2.05, 4.69) is 280 Å². The van der Waals surface area contributed by atoms with Crippen LogP contribution in [0.25, 0.3) is 110 Å². The maximum absolute atomic E-state index is 14.4. The summed E-state index contributed by atoms with van der Waals surface area (Å²) in [6, 6.07) is 71.1. The maximum Gasteiger partial charge on any atom is 0.220 e. The van der Waals surface area contributed by atoms with Crippen LogP contribution in [0.4, 0.5) is 4.39 Å². The van der Waals surface area contributed by atoms with Crippen LogP contribution in [-0.4, -0.2) is 0 Å². The molecule has 598 valence electrons. The predicted molar refractivity (Wildman–Crippen MR) is 492 cm³/mol. The Bertz CT molecular complexity index is 6230. The zero-order valence-electron chi connectivity index (χ0n) is 74.5. The van der Waals surface area contributed by atoms with Crippen LogP contribution in [0.2, 0.25) is 0 Å². The van der Waals surface area contributed by atoms with Crippen molar-refractivity contribution in [2.24, 2.45) is 51.9 Å². The van der Waals surface area contributed by atoms with Crippen LogP contribution >= 0.6 is 0 Å². The summed E-state index contributed by atoms with van der Waals surface area (Å²) in [5.41, 5.74) is 34.6. The Kier molecular flexibility index (Phi) is 23.0. The van der Waals surface area contributed by atoms with E-state index in [4.69, 9.17) is 1.37 Å². The largest absolute Gasteiger partial charge is 0.220 e. The molecule has 10 aromatic carbocycles. The highest BCUT2D eigenvalue weighted by molar-refractivity contribution is 6.00. The van der Waals surface area contributed by atoms with Crippen LogP contribution < -0.4 is 18.3 Å². The van der Waals surface area contributed by atoms with E-state index < -0.39 is 0 Å². The lowest BCUT2D eigenvalue weighted by molar-refractivity contribution is -0.665. The second-order valence-electron chi connectivity index (χ2n) is 37.3. The van der Waals surface area contributed by atoms with Gasteiger partial charge in [0.2, 0.25) is 22.8 Å². The summed E-state index contributed by atoms with van der Waals surface area (Å²) in [7, 11) is 8.55. The van der Waals surface area contributed by atoms with Crippen molar-refractivity contribution in [3.05, 3.63) is 295 Å². The van der Waals surface area contributed by atoms with Crippen molar-refractivity contribution in [3.63, 3.8) is 0 Å². The third-order valence-corrected chi connectivity index (χ3v) is 28.8. The van der Waals surface area contributed by atoms with E-state index in [1.54, 1.807) is 0 Å². The Hall–Kier alpha value is -9.97. The highest BCUT2D eigenvalue weighted by Crippen LogP contribution is 2.51. The standard InChI is InChI=1S/C33H36N.C28H30N.C26H31FN.C25H30N/c1-21-16-29-27-12-8-9-13-30(27)33(3,4)31(29)20-28(21)32-26-15-14-24(18-23-10-6-7-11-23)19-25(26)17-22(2)34(32)5;1-19-14-23-10-6-7-11-24(23)18-27(19)28-26-13-12-22(16-21-8-4-5-9-21)17-25(26)15-20(2)29(28)3;1-16-12-24(18(3)19(4)25(16)27)26-23-11-10-21(14-20-8-6-7-9-20)15-22(23)13-17(2)28(26)5;1-17-13-18(2)19(3)24(14-17)25-23-10-9-21(15-20-7-5-6-8-20)16-22(23)11-12-26(25)4/h8-9,12-17,19-20,23H,6-7,10-11,18H2,1-5H3;6-7,10-15,17-18,21H,4-5,8-9,16H2,1-3H3;10-13,15,20H,6-9,14H2,1-5H3;9-14,16,20H,5-8,15H2,1-4H3/q4*+1/i;;;12D. The Balaban J connectivity index is 0.000000118. The molecule has 14 aromatic rings. The van der Waals surface area contributed by atoms with Gasteiger partial charge in [-0.3, -0.25) is 0 Å². The lowest BCUT2D eigenvalue weighted by atomic mass is 9.81. The summed E-state index contributed by atoms with van der Waals surface area (Å²) in [6.07, 6.45) is 27.7. The summed E-state index contributed by atoms with van der Waals surface area (Å²) >= 11 is 0. The van der Waals surface area contributed by atoms with Crippen LogP contribution in [0.5, 0.6) is 0 Å². The van der Waals surface area contributed by atoms with Gasteiger partial charge in [0.25, 0.3) is 0 Å². The number of aromatic nitrogens is 4. The summed E-state index contributed by atoms with van der Waals surface area (Å²) < 4.78 is 32.0. The predicted octanol–water partition coefficient (Wildman–Crippen LogP) is 27.2. The number of aryl methyl sites for hydroxylation is 8. The zero-order chi connectivity index (χ0) is 82.7. The molecule has 0 amide bonds. The molecule has 0 bridgehead atoms. The van der Waals surface area contributed by atoms with Crippen LogP contribution in [-0.2, 0) is 59.3 Å². The molecule has 5 aliphatic carbocycles. The summed E-state index contributed by atoms with van der Waals surface area (Å²) in [5, 5.41) is 13.1. The Morgan fingerprint density at radius 1 is 0.316 bits per heavy atom. The number of halogens is 1. The van der Waals surface area contributed by atoms with Gasteiger partial charge in [0, 0.05) is 50.5 Å². The highest BCUT2D eigenvalue weighted by atomic mass is 19.1. The van der Waals surface area contributed by atoms with E-state index in [1.165, 1.54) is 305 Å². The third kappa shape index (κ3) is 16.3. The molecule has 4 nitrogen and oxygen atoms in total. The van der Waals surface area contributed by atoms with E-state index in [9.17, 15) is 4.39 Å². The molecule has 4 aromatic heterocycles. The quantitative estimate of drug-likeness (QED) is 0.108. The molecule has 0 radical (unpaired) electrons. The van der Waals surface area contributed by atoms with Gasteiger partial charge in [-0.15, -0.1) is 0 Å². The second-order valence-corrected chi connectivity index (χ2v) is 37.3. The fourth-order valence-corrected chi connectivity index (χ4v) is 21.5. The average molecular weight is 1550 g/mol. The van der Waals surface area contributed by atoms with Crippen molar-refractivity contribution in [2.75, 3.05) is 0 Å². The molecule has 117 heavy (non-hydrogen) atoms. The molecular formula is C112H127FN4+4. The number of benzene rings is 10. The fourth-order valence-electron chi connectivity index (χ4n) is 21.5. The first kappa shape index (κ1) is 79.5. The number of fused-ring (bicyclic) bond motifs is 8. The third-order valence-electron chi connectivity index (χ3n) is 28.8. The van der Waals surface area contributed by atoms with Gasteiger partial charge in [0.05, 0.1) is 43.8 Å². The van der Waals surface area contributed by atoms with Crippen LogP contribution in [0, 0.1) is 106 Å². The van der Waals surface area contributed by atoms with Gasteiger partial charge in [-0.2, -0.15) is 13.7 Å². The van der Waals surface area contributed by atoms with E-state index >= 15 is 0 Å². The first-order valence-electron chi connectivity index (χ1n) is 45.0. The Morgan fingerprint density at radius 3 is 1.17 bits per heavy atom. The number of hydrogen-bond donors (Lipinski definition) is 0. The minimum absolute atomic E-state index is 0.0149. The lowest BCUT2D eigenvalue weighted by Crippen LogP contribution is -2.35. The zero-order valence-corrected chi connectivity index (χ0v) is 73.5. The van der Waals surface area contributed by atoms with Crippen LogP contribution in [0.15, 0.2) is 194 Å². The molecule has 4 fully saturated rings. The summed E-state index contributed by atoms with van der Waals surface area (Å²) in [4.78, 5) is 0. The van der Waals surface area contributed by atoms with Crippen molar-refractivity contribution >= 4 is 53.9 Å². The number of rotatable bonds is 12. The summed E-state index contributed by atoms with van der Waals surface area (Å²) in [6.45, 7) is 28.2. The van der Waals surface area contributed by atoms with Crippen molar-refractivity contribution < 1.29 is 24.0 Å². The molecule has 5 heteroatoms. The van der Waals surface area contributed by atoms with Gasteiger partial charge in [-0.05, 0) is 269 Å². The Labute approximate surface area is 700 Å². The first-order chi connectivity index (χ1) is 56.7. The number of pyridine rings is 4. The molecule has 0 saturated heterocycles.